The van der Waals surface area contributed by atoms with Gasteiger partial charge in [0.05, 0.1) is 5.92 Å². The Hall–Kier alpha value is -3.93. The van der Waals surface area contributed by atoms with Crippen molar-refractivity contribution in [2.75, 3.05) is 16.8 Å². The predicted molar refractivity (Wildman–Crippen MR) is 129 cm³/mol. The standard InChI is InChI=1S/C27H27N3O3/c1-18-9-11-20(12-10-18)16-28-26(32)22-15-25(31)30(17-22)24-8-4-6-21(14-24)27(33)29-23-7-3-5-19(2)13-23/h3-14,22H,15-17H2,1-2H3,(H,28,32)(H,29,33). The summed E-state index contributed by atoms with van der Waals surface area (Å²) in [6.07, 6.45) is 0.152. The number of carbonyl (C=O) groups is 3. The molecule has 2 N–H and O–H groups in total. The lowest BCUT2D eigenvalue weighted by Crippen LogP contribution is -2.32. The van der Waals surface area contributed by atoms with Gasteiger partial charge in [0.15, 0.2) is 0 Å². The molecule has 6 nitrogen and oxygen atoms in total. The lowest BCUT2D eigenvalue weighted by atomic mass is 10.1. The van der Waals surface area contributed by atoms with Crippen molar-refractivity contribution in [1.29, 1.82) is 0 Å². The highest BCUT2D eigenvalue weighted by Crippen LogP contribution is 2.26. The average molecular weight is 442 g/mol. The summed E-state index contributed by atoms with van der Waals surface area (Å²) in [5.74, 6) is -0.935. The third kappa shape index (κ3) is 5.47. The van der Waals surface area contributed by atoms with Crippen molar-refractivity contribution in [3.05, 3.63) is 95.1 Å². The Morgan fingerprint density at radius 3 is 2.45 bits per heavy atom. The molecule has 1 atom stereocenters. The van der Waals surface area contributed by atoms with Crippen LogP contribution in [0.2, 0.25) is 0 Å². The lowest BCUT2D eigenvalue weighted by Gasteiger charge is -2.18. The van der Waals surface area contributed by atoms with Crippen LogP contribution >= 0.6 is 0 Å². The maximum atomic E-state index is 12.7. The zero-order valence-corrected chi connectivity index (χ0v) is 18.8. The fraction of sp³-hybridized carbons (Fsp3) is 0.222. The van der Waals surface area contributed by atoms with E-state index in [4.69, 9.17) is 0 Å². The van der Waals surface area contributed by atoms with E-state index < -0.39 is 5.92 Å². The molecule has 6 heteroatoms. The maximum absolute atomic E-state index is 12.7. The van der Waals surface area contributed by atoms with Crippen LogP contribution in [-0.2, 0) is 16.1 Å². The zero-order valence-electron chi connectivity index (χ0n) is 18.8. The first-order chi connectivity index (χ1) is 15.9. The second-order valence-electron chi connectivity index (χ2n) is 8.48. The van der Waals surface area contributed by atoms with Gasteiger partial charge in [0.2, 0.25) is 11.8 Å². The number of rotatable bonds is 6. The minimum absolute atomic E-state index is 0.123. The Morgan fingerprint density at radius 2 is 1.70 bits per heavy atom. The molecule has 1 fully saturated rings. The summed E-state index contributed by atoms with van der Waals surface area (Å²) in [5, 5.41) is 5.82. The molecule has 4 rings (SSSR count). The molecule has 33 heavy (non-hydrogen) atoms. The van der Waals surface area contributed by atoms with Crippen LogP contribution < -0.4 is 15.5 Å². The molecule has 3 aromatic rings. The van der Waals surface area contributed by atoms with E-state index >= 15 is 0 Å². The minimum Gasteiger partial charge on any atom is -0.352 e. The van der Waals surface area contributed by atoms with Crippen molar-refractivity contribution in [2.24, 2.45) is 5.92 Å². The van der Waals surface area contributed by atoms with Gasteiger partial charge in [-0.3, -0.25) is 14.4 Å². The largest absolute Gasteiger partial charge is 0.352 e. The Balaban J connectivity index is 1.39. The topological polar surface area (TPSA) is 78.5 Å². The SMILES string of the molecule is Cc1ccc(CNC(=O)C2CC(=O)N(c3cccc(C(=O)Nc4cccc(C)c4)c3)C2)cc1. The van der Waals surface area contributed by atoms with Gasteiger partial charge in [-0.05, 0) is 55.3 Å². The quantitative estimate of drug-likeness (QED) is 0.601. The Kier molecular flexibility index (Phi) is 6.54. The van der Waals surface area contributed by atoms with E-state index in [0.29, 0.717) is 30.0 Å². The number of nitrogens with zero attached hydrogens (tertiary/aromatic N) is 1. The molecule has 1 unspecified atom stereocenters. The van der Waals surface area contributed by atoms with Gasteiger partial charge in [-0.1, -0.05) is 48.0 Å². The van der Waals surface area contributed by atoms with Crippen molar-refractivity contribution in [1.82, 2.24) is 5.32 Å². The summed E-state index contributed by atoms with van der Waals surface area (Å²) in [4.78, 5) is 39.6. The van der Waals surface area contributed by atoms with Gasteiger partial charge in [0.25, 0.3) is 5.91 Å². The summed E-state index contributed by atoms with van der Waals surface area (Å²) < 4.78 is 0. The minimum atomic E-state index is -0.423. The number of nitrogens with one attached hydrogen (secondary N) is 2. The highest BCUT2D eigenvalue weighted by atomic mass is 16.2. The van der Waals surface area contributed by atoms with Crippen LogP contribution in [0.5, 0.6) is 0 Å². The second-order valence-corrected chi connectivity index (χ2v) is 8.48. The van der Waals surface area contributed by atoms with Crippen LogP contribution in [0.4, 0.5) is 11.4 Å². The molecule has 3 aromatic carbocycles. The van der Waals surface area contributed by atoms with Gasteiger partial charge in [-0.25, -0.2) is 0 Å². The smallest absolute Gasteiger partial charge is 0.255 e. The van der Waals surface area contributed by atoms with Crippen LogP contribution in [0.1, 0.15) is 33.5 Å². The van der Waals surface area contributed by atoms with E-state index in [-0.39, 0.29) is 24.1 Å². The molecule has 0 bridgehead atoms. The second kappa shape index (κ2) is 9.69. The van der Waals surface area contributed by atoms with Crippen LogP contribution in [0.3, 0.4) is 0 Å². The van der Waals surface area contributed by atoms with Crippen molar-refractivity contribution in [3.8, 4) is 0 Å². The molecule has 1 aliphatic heterocycles. The van der Waals surface area contributed by atoms with Gasteiger partial charge in [-0.2, -0.15) is 0 Å². The average Bonchev–Trinajstić information content (AvgIpc) is 3.20. The van der Waals surface area contributed by atoms with E-state index in [0.717, 1.165) is 16.7 Å². The maximum Gasteiger partial charge on any atom is 0.255 e. The van der Waals surface area contributed by atoms with E-state index in [1.807, 2.05) is 62.4 Å². The third-order valence-electron chi connectivity index (χ3n) is 5.78. The number of hydrogen-bond donors (Lipinski definition) is 2. The molecule has 0 spiro atoms. The van der Waals surface area contributed by atoms with Gasteiger partial charge in [0.1, 0.15) is 0 Å². The molecule has 1 heterocycles. The first-order valence-electron chi connectivity index (χ1n) is 11.0. The molecule has 0 aliphatic carbocycles. The normalized spacial score (nSPS) is 15.4. The zero-order chi connectivity index (χ0) is 23.4. The first kappa shape index (κ1) is 22.3. The number of anilines is 2. The van der Waals surface area contributed by atoms with E-state index in [1.165, 1.54) is 0 Å². The van der Waals surface area contributed by atoms with E-state index in [9.17, 15) is 14.4 Å². The molecule has 1 aliphatic rings. The van der Waals surface area contributed by atoms with Crippen LogP contribution in [0.25, 0.3) is 0 Å². The monoisotopic (exact) mass is 441 g/mol. The fourth-order valence-electron chi connectivity index (χ4n) is 3.91. The number of hydrogen-bond acceptors (Lipinski definition) is 3. The molecule has 0 saturated carbocycles. The van der Waals surface area contributed by atoms with Gasteiger partial charge < -0.3 is 15.5 Å². The van der Waals surface area contributed by atoms with Crippen molar-refractivity contribution in [3.63, 3.8) is 0 Å². The summed E-state index contributed by atoms with van der Waals surface area (Å²) in [6.45, 7) is 4.70. The molecule has 0 radical (unpaired) electrons. The molecule has 168 valence electrons. The third-order valence-corrected chi connectivity index (χ3v) is 5.78. The summed E-state index contributed by atoms with van der Waals surface area (Å²) in [7, 11) is 0. The Morgan fingerprint density at radius 1 is 0.939 bits per heavy atom. The van der Waals surface area contributed by atoms with Crippen LogP contribution in [-0.4, -0.2) is 24.3 Å². The van der Waals surface area contributed by atoms with Crippen molar-refractivity contribution < 1.29 is 14.4 Å². The Labute approximate surface area is 193 Å². The van der Waals surface area contributed by atoms with Crippen molar-refractivity contribution >= 4 is 29.1 Å². The first-order valence-corrected chi connectivity index (χ1v) is 11.0. The number of carbonyl (C=O) groups excluding carboxylic acids is 3. The Bertz CT molecular complexity index is 1190. The van der Waals surface area contributed by atoms with Crippen LogP contribution in [0.15, 0.2) is 72.8 Å². The van der Waals surface area contributed by atoms with E-state index in [2.05, 4.69) is 10.6 Å². The van der Waals surface area contributed by atoms with E-state index in [1.54, 1.807) is 29.2 Å². The molecule has 1 saturated heterocycles. The summed E-state index contributed by atoms with van der Waals surface area (Å²) >= 11 is 0. The molecule has 0 aromatic heterocycles. The highest BCUT2D eigenvalue weighted by Gasteiger charge is 2.35. The fourth-order valence-corrected chi connectivity index (χ4v) is 3.91. The number of aryl methyl sites for hydroxylation is 2. The van der Waals surface area contributed by atoms with Gasteiger partial charge in [0, 0.05) is 36.4 Å². The van der Waals surface area contributed by atoms with Gasteiger partial charge >= 0.3 is 0 Å². The molecular weight excluding hydrogens is 414 g/mol. The lowest BCUT2D eigenvalue weighted by molar-refractivity contribution is -0.126. The molecule has 3 amide bonds. The predicted octanol–water partition coefficient (Wildman–Crippen LogP) is 4.23. The number of amides is 3. The highest BCUT2D eigenvalue weighted by molar-refractivity contribution is 6.06. The number of benzene rings is 3. The summed E-state index contributed by atoms with van der Waals surface area (Å²) in [5.41, 5.74) is 5.02. The van der Waals surface area contributed by atoms with Crippen LogP contribution in [0, 0.1) is 19.8 Å². The van der Waals surface area contributed by atoms with Crippen molar-refractivity contribution in [2.45, 2.75) is 26.8 Å². The summed E-state index contributed by atoms with van der Waals surface area (Å²) in [6, 6.07) is 22.5. The van der Waals surface area contributed by atoms with Gasteiger partial charge in [-0.15, -0.1) is 0 Å². The molecular formula is C27H27N3O3.